The molecule has 0 aromatic rings. The number of aliphatic hydroxyl groups is 1. The van der Waals surface area contributed by atoms with Gasteiger partial charge in [0.15, 0.2) is 0 Å². The van der Waals surface area contributed by atoms with Gasteiger partial charge in [-0.1, -0.05) is 145 Å². The molecule has 2 unspecified atom stereocenters. The third-order valence-electron chi connectivity index (χ3n) is 7.46. The SMILES string of the molecule is CCCCCCCC(=O)C(C)CC.CCCCCCCC(=O)OCC(CC)CCCCCC.CCCCCO. The number of hydrogen-bond acceptors (Lipinski definition) is 4. The Bertz CT molecular complexity index is 473. The predicted molar refractivity (Wildman–Crippen MR) is 171 cm³/mol. The van der Waals surface area contributed by atoms with E-state index in [2.05, 4.69) is 41.5 Å². The summed E-state index contributed by atoms with van der Waals surface area (Å²) in [5, 5.41) is 8.20. The van der Waals surface area contributed by atoms with Crippen molar-refractivity contribution >= 4 is 11.8 Å². The fraction of sp³-hybridized carbons (Fsp3) is 0.943. The van der Waals surface area contributed by atoms with Gasteiger partial charge in [-0.15, -0.1) is 0 Å². The maximum Gasteiger partial charge on any atom is 0.305 e. The zero-order chi connectivity index (χ0) is 30.0. The van der Waals surface area contributed by atoms with Gasteiger partial charge in [-0.2, -0.15) is 0 Å². The van der Waals surface area contributed by atoms with Crippen LogP contribution in [0.15, 0.2) is 0 Å². The first-order valence-electron chi connectivity index (χ1n) is 17.2. The van der Waals surface area contributed by atoms with E-state index in [0.29, 0.717) is 31.3 Å². The molecule has 4 nitrogen and oxygen atoms in total. The summed E-state index contributed by atoms with van der Waals surface area (Å²) in [6.07, 6.45) is 25.4. The number of esters is 1. The maximum absolute atomic E-state index is 11.7. The van der Waals surface area contributed by atoms with E-state index in [4.69, 9.17) is 9.84 Å². The van der Waals surface area contributed by atoms with Crippen molar-refractivity contribution in [2.24, 2.45) is 11.8 Å². The molecule has 0 spiro atoms. The number of ketones is 1. The maximum atomic E-state index is 11.7. The number of carbonyl (C=O) groups is 2. The molecule has 0 bridgehead atoms. The van der Waals surface area contributed by atoms with E-state index in [-0.39, 0.29) is 11.9 Å². The lowest BCUT2D eigenvalue weighted by molar-refractivity contribution is -0.145. The summed E-state index contributed by atoms with van der Waals surface area (Å²) in [6.45, 7) is 16.1. The van der Waals surface area contributed by atoms with Crippen molar-refractivity contribution in [1.82, 2.24) is 0 Å². The number of ether oxygens (including phenoxy) is 1. The van der Waals surface area contributed by atoms with E-state index in [1.165, 1.54) is 83.5 Å². The van der Waals surface area contributed by atoms with Crippen LogP contribution in [0.2, 0.25) is 0 Å². The van der Waals surface area contributed by atoms with Crippen molar-refractivity contribution in [1.29, 1.82) is 0 Å². The van der Waals surface area contributed by atoms with E-state index in [1.807, 2.05) is 6.92 Å². The molecule has 39 heavy (non-hydrogen) atoms. The molecule has 1 N–H and O–H groups in total. The molecule has 0 saturated carbocycles. The molecule has 0 saturated heterocycles. The van der Waals surface area contributed by atoms with Gasteiger partial charge in [0.2, 0.25) is 0 Å². The van der Waals surface area contributed by atoms with Crippen molar-refractivity contribution in [2.45, 2.75) is 190 Å². The Kier molecular flexibility index (Phi) is 40.5. The number of carbonyl (C=O) groups excluding carboxylic acids is 2. The van der Waals surface area contributed by atoms with Crippen LogP contribution >= 0.6 is 0 Å². The van der Waals surface area contributed by atoms with Crippen LogP contribution < -0.4 is 0 Å². The molecule has 0 heterocycles. The van der Waals surface area contributed by atoms with Crippen molar-refractivity contribution in [2.75, 3.05) is 13.2 Å². The molecule has 4 heteroatoms. The minimum absolute atomic E-state index is 0.00788. The second kappa shape index (κ2) is 37.1. The molecule has 0 rings (SSSR count). The topological polar surface area (TPSA) is 63.6 Å². The summed E-state index contributed by atoms with van der Waals surface area (Å²) in [5.74, 6) is 1.31. The molecular formula is C35H72O4. The van der Waals surface area contributed by atoms with Crippen LogP contribution in [0, 0.1) is 11.8 Å². The summed E-state index contributed by atoms with van der Waals surface area (Å²) in [5.41, 5.74) is 0. The highest BCUT2D eigenvalue weighted by Gasteiger charge is 2.10. The zero-order valence-corrected chi connectivity index (χ0v) is 27.8. The molecule has 0 aliphatic heterocycles. The number of Topliss-reactive ketones (excluding diaryl/α,β-unsaturated/α-hetero) is 1. The molecular weight excluding hydrogens is 484 g/mol. The first-order valence-corrected chi connectivity index (χ1v) is 17.2. The highest BCUT2D eigenvalue weighted by atomic mass is 16.5. The summed E-state index contributed by atoms with van der Waals surface area (Å²) < 4.78 is 5.42. The Balaban J connectivity index is -0.000000581. The fourth-order valence-corrected chi connectivity index (χ4v) is 4.16. The summed E-state index contributed by atoms with van der Waals surface area (Å²) in [4.78, 5) is 23.1. The molecule has 0 aliphatic rings. The van der Waals surface area contributed by atoms with Crippen LogP contribution in [0.1, 0.15) is 190 Å². The van der Waals surface area contributed by atoms with Gasteiger partial charge in [0.05, 0.1) is 6.61 Å². The molecule has 0 aromatic carbocycles. The fourth-order valence-electron chi connectivity index (χ4n) is 4.16. The highest BCUT2D eigenvalue weighted by molar-refractivity contribution is 5.80. The van der Waals surface area contributed by atoms with Crippen LogP contribution in [0.5, 0.6) is 0 Å². The highest BCUT2D eigenvalue weighted by Crippen LogP contribution is 2.15. The molecule has 0 radical (unpaired) electrons. The van der Waals surface area contributed by atoms with Crippen LogP contribution in [0.3, 0.4) is 0 Å². The average molecular weight is 557 g/mol. The Morgan fingerprint density at radius 2 is 1.05 bits per heavy atom. The Labute approximate surface area is 245 Å². The summed E-state index contributed by atoms with van der Waals surface area (Å²) in [7, 11) is 0. The summed E-state index contributed by atoms with van der Waals surface area (Å²) in [6, 6.07) is 0. The van der Waals surface area contributed by atoms with E-state index in [0.717, 1.165) is 51.4 Å². The van der Waals surface area contributed by atoms with Gasteiger partial charge in [0.25, 0.3) is 0 Å². The lowest BCUT2D eigenvalue weighted by Gasteiger charge is -2.15. The van der Waals surface area contributed by atoms with Crippen molar-refractivity contribution < 1.29 is 19.4 Å². The third-order valence-corrected chi connectivity index (χ3v) is 7.46. The number of aliphatic hydroxyl groups excluding tert-OH is 1. The van der Waals surface area contributed by atoms with E-state index in [9.17, 15) is 9.59 Å². The molecule has 0 aromatic heterocycles. The molecule has 2 atom stereocenters. The van der Waals surface area contributed by atoms with E-state index >= 15 is 0 Å². The molecule has 0 aliphatic carbocycles. The van der Waals surface area contributed by atoms with Gasteiger partial charge in [0.1, 0.15) is 5.78 Å². The molecule has 236 valence electrons. The van der Waals surface area contributed by atoms with Crippen LogP contribution in [-0.2, 0) is 14.3 Å². The normalized spacial score (nSPS) is 12.0. The van der Waals surface area contributed by atoms with E-state index in [1.54, 1.807) is 0 Å². The first-order chi connectivity index (χ1) is 18.9. The van der Waals surface area contributed by atoms with Crippen molar-refractivity contribution in [3.63, 3.8) is 0 Å². The Morgan fingerprint density at radius 1 is 0.590 bits per heavy atom. The standard InChI is InChI=1S/C18H36O2.C12H24O.C5H12O/c1-4-7-9-11-13-15-18(19)20-16-17(6-3)14-12-10-8-5-2;1-4-6-7-8-9-10-12(13)11(3)5-2;1-2-3-4-5-6/h17H,4-16H2,1-3H3;11H,4-10H2,1-3H3;6H,2-5H2,1H3. The van der Waals surface area contributed by atoms with Gasteiger partial charge >= 0.3 is 5.97 Å². The van der Waals surface area contributed by atoms with Crippen LogP contribution in [-0.4, -0.2) is 30.1 Å². The third kappa shape index (κ3) is 37.1. The quantitative estimate of drug-likeness (QED) is 0.0897. The average Bonchev–Trinajstić information content (AvgIpc) is 2.95. The van der Waals surface area contributed by atoms with Gasteiger partial charge in [0, 0.05) is 25.4 Å². The Morgan fingerprint density at radius 3 is 1.49 bits per heavy atom. The lowest BCUT2D eigenvalue weighted by atomic mass is 9.98. The second-order valence-electron chi connectivity index (χ2n) is 11.3. The van der Waals surface area contributed by atoms with Gasteiger partial charge in [-0.25, -0.2) is 0 Å². The van der Waals surface area contributed by atoms with Gasteiger partial charge in [-0.3, -0.25) is 9.59 Å². The monoisotopic (exact) mass is 557 g/mol. The van der Waals surface area contributed by atoms with Gasteiger partial charge in [-0.05, 0) is 38.0 Å². The number of unbranched alkanes of at least 4 members (excludes halogenated alkanes) is 13. The largest absolute Gasteiger partial charge is 0.465 e. The van der Waals surface area contributed by atoms with Crippen LogP contribution in [0.25, 0.3) is 0 Å². The second-order valence-corrected chi connectivity index (χ2v) is 11.3. The van der Waals surface area contributed by atoms with Crippen LogP contribution in [0.4, 0.5) is 0 Å². The predicted octanol–water partition coefficient (Wildman–Crippen LogP) is 11.0. The smallest absolute Gasteiger partial charge is 0.305 e. The Hall–Kier alpha value is -0.900. The van der Waals surface area contributed by atoms with Crippen molar-refractivity contribution in [3.05, 3.63) is 0 Å². The van der Waals surface area contributed by atoms with Gasteiger partial charge < -0.3 is 9.84 Å². The first kappa shape index (κ1) is 42.6. The number of hydrogen-bond donors (Lipinski definition) is 1. The minimum Gasteiger partial charge on any atom is -0.465 e. The molecule has 0 fully saturated rings. The van der Waals surface area contributed by atoms with Crippen molar-refractivity contribution in [3.8, 4) is 0 Å². The lowest BCUT2D eigenvalue weighted by Crippen LogP contribution is -2.13. The zero-order valence-electron chi connectivity index (χ0n) is 27.8. The number of rotatable bonds is 25. The molecule has 0 amide bonds. The van der Waals surface area contributed by atoms with E-state index < -0.39 is 0 Å². The summed E-state index contributed by atoms with van der Waals surface area (Å²) >= 11 is 0. The minimum atomic E-state index is 0.00788.